The number of aryl methyl sites for hydroxylation is 1. The molecule has 0 aliphatic carbocycles. The van der Waals surface area contributed by atoms with Gasteiger partial charge in [-0.25, -0.2) is 13.8 Å². The molecule has 0 aliphatic heterocycles. The molecule has 146 valence electrons. The zero-order valence-electron chi connectivity index (χ0n) is 15.3. The molecule has 2 rings (SSSR count). The Hall–Kier alpha value is -2.77. The van der Waals surface area contributed by atoms with Gasteiger partial charge in [0, 0.05) is 12.5 Å². The number of amides is 1. The lowest BCUT2D eigenvalue weighted by molar-refractivity contribution is -0.148. The summed E-state index contributed by atoms with van der Waals surface area (Å²) in [4.78, 5) is 27.3. The van der Waals surface area contributed by atoms with Crippen molar-refractivity contribution in [2.24, 2.45) is 0 Å². The van der Waals surface area contributed by atoms with Crippen LogP contribution >= 0.6 is 0 Å². The number of carbonyl (C=O) groups is 2. The largest absolute Gasteiger partial charge is 0.456 e. The second-order valence-electron chi connectivity index (χ2n) is 6.13. The van der Waals surface area contributed by atoms with Crippen LogP contribution in [0.5, 0.6) is 0 Å². The highest BCUT2D eigenvalue weighted by Crippen LogP contribution is 2.26. The standard InChI is InChI=1S/C19H22F2N2O4/c1-3-5-12(2)23-16(24)11-26-18(25)9-8-17-22-10-15(27-17)19-13(20)6-4-7-14(19)21/h4,6-7,10,12H,3,5,8-9,11H2,1-2H3,(H,23,24). The lowest BCUT2D eigenvalue weighted by Crippen LogP contribution is -2.35. The molecule has 6 nitrogen and oxygen atoms in total. The molecule has 0 fully saturated rings. The van der Waals surface area contributed by atoms with Gasteiger partial charge in [0.15, 0.2) is 18.3 Å². The molecule has 0 saturated heterocycles. The predicted octanol–water partition coefficient (Wildman–Crippen LogP) is 3.40. The molecule has 0 bridgehead atoms. The number of carbonyl (C=O) groups excluding carboxylic acids is 2. The number of nitrogens with one attached hydrogen (secondary N) is 1. The van der Waals surface area contributed by atoms with Gasteiger partial charge in [-0.1, -0.05) is 19.4 Å². The first-order valence-electron chi connectivity index (χ1n) is 8.74. The summed E-state index contributed by atoms with van der Waals surface area (Å²) in [6.07, 6.45) is 3.00. The molecule has 8 heteroatoms. The molecule has 27 heavy (non-hydrogen) atoms. The monoisotopic (exact) mass is 380 g/mol. The Balaban J connectivity index is 1.81. The summed E-state index contributed by atoms with van der Waals surface area (Å²) in [7, 11) is 0. The second kappa shape index (κ2) is 9.80. The third-order valence-corrected chi connectivity index (χ3v) is 3.80. The fourth-order valence-electron chi connectivity index (χ4n) is 2.52. The summed E-state index contributed by atoms with van der Waals surface area (Å²) in [5.41, 5.74) is -0.309. The molecular weight excluding hydrogens is 358 g/mol. The van der Waals surface area contributed by atoms with Crippen molar-refractivity contribution in [3.05, 3.63) is 41.9 Å². The van der Waals surface area contributed by atoms with Gasteiger partial charge in [-0.2, -0.15) is 0 Å². The van der Waals surface area contributed by atoms with Gasteiger partial charge >= 0.3 is 5.97 Å². The highest BCUT2D eigenvalue weighted by atomic mass is 19.1. The van der Waals surface area contributed by atoms with Crippen LogP contribution in [0.3, 0.4) is 0 Å². The van der Waals surface area contributed by atoms with Gasteiger partial charge in [-0.15, -0.1) is 0 Å². The van der Waals surface area contributed by atoms with Crippen molar-refractivity contribution in [3.63, 3.8) is 0 Å². The van der Waals surface area contributed by atoms with Gasteiger partial charge in [0.05, 0.1) is 18.2 Å². The summed E-state index contributed by atoms with van der Waals surface area (Å²) in [6.45, 7) is 3.53. The van der Waals surface area contributed by atoms with Gasteiger partial charge in [0.1, 0.15) is 11.6 Å². The van der Waals surface area contributed by atoms with Crippen molar-refractivity contribution in [1.82, 2.24) is 10.3 Å². The number of halogens is 2. The van der Waals surface area contributed by atoms with Gasteiger partial charge in [-0.3, -0.25) is 9.59 Å². The molecule has 1 heterocycles. The topological polar surface area (TPSA) is 81.4 Å². The number of aromatic nitrogens is 1. The quantitative estimate of drug-likeness (QED) is 0.675. The number of nitrogens with zero attached hydrogens (tertiary/aromatic N) is 1. The fraction of sp³-hybridized carbons (Fsp3) is 0.421. The van der Waals surface area contributed by atoms with Crippen LogP contribution in [0.1, 0.15) is 39.0 Å². The second-order valence-corrected chi connectivity index (χ2v) is 6.13. The van der Waals surface area contributed by atoms with Crippen LogP contribution in [0.4, 0.5) is 8.78 Å². The smallest absolute Gasteiger partial charge is 0.306 e. The number of esters is 1. The van der Waals surface area contributed by atoms with E-state index in [-0.39, 0.29) is 48.6 Å². The van der Waals surface area contributed by atoms with E-state index in [9.17, 15) is 18.4 Å². The Bertz CT molecular complexity index is 772. The summed E-state index contributed by atoms with van der Waals surface area (Å²) in [6, 6.07) is 3.50. The number of hydrogen-bond acceptors (Lipinski definition) is 5. The van der Waals surface area contributed by atoms with Gasteiger partial charge in [0.25, 0.3) is 5.91 Å². The van der Waals surface area contributed by atoms with Crippen molar-refractivity contribution < 1.29 is 27.5 Å². The van der Waals surface area contributed by atoms with E-state index in [0.29, 0.717) is 0 Å². The molecule has 1 aromatic heterocycles. The minimum Gasteiger partial charge on any atom is -0.456 e. The van der Waals surface area contributed by atoms with E-state index in [1.807, 2.05) is 13.8 Å². The van der Waals surface area contributed by atoms with Crippen molar-refractivity contribution in [3.8, 4) is 11.3 Å². The molecule has 1 N–H and O–H groups in total. The normalized spacial score (nSPS) is 11.9. The zero-order valence-corrected chi connectivity index (χ0v) is 15.3. The van der Waals surface area contributed by atoms with Crippen molar-refractivity contribution >= 4 is 11.9 Å². The highest BCUT2D eigenvalue weighted by molar-refractivity contribution is 5.80. The van der Waals surface area contributed by atoms with Gasteiger partial charge in [-0.05, 0) is 25.5 Å². The maximum Gasteiger partial charge on any atom is 0.306 e. The first kappa shape index (κ1) is 20.5. The Morgan fingerprint density at radius 2 is 2.00 bits per heavy atom. The van der Waals surface area contributed by atoms with Crippen LogP contribution in [-0.4, -0.2) is 29.5 Å². The Labute approximate surface area is 155 Å². The Morgan fingerprint density at radius 1 is 1.30 bits per heavy atom. The molecule has 0 saturated carbocycles. The molecule has 1 amide bonds. The molecule has 2 aromatic rings. The maximum atomic E-state index is 13.7. The molecule has 1 unspecified atom stereocenters. The number of benzene rings is 1. The van der Waals surface area contributed by atoms with E-state index in [1.165, 1.54) is 12.3 Å². The van der Waals surface area contributed by atoms with Crippen LogP contribution < -0.4 is 5.32 Å². The Kier molecular flexibility index (Phi) is 7.45. The van der Waals surface area contributed by atoms with Crippen molar-refractivity contribution in [2.75, 3.05) is 6.61 Å². The first-order valence-corrected chi connectivity index (χ1v) is 8.74. The number of hydrogen-bond donors (Lipinski definition) is 1. The van der Waals surface area contributed by atoms with E-state index >= 15 is 0 Å². The predicted molar refractivity (Wildman–Crippen MR) is 93.6 cm³/mol. The van der Waals surface area contributed by atoms with Crippen molar-refractivity contribution in [2.45, 2.75) is 45.6 Å². The third-order valence-electron chi connectivity index (χ3n) is 3.80. The summed E-state index contributed by atoms with van der Waals surface area (Å²) in [5.74, 6) is -2.40. The van der Waals surface area contributed by atoms with Crippen LogP contribution in [0.15, 0.2) is 28.8 Å². The molecule has 0 radical (unpaired) electrons. The van der Waals surface area contributed by atoms with E-state index in [1.54, 1.807) is 0 Å². The number of rotatable bonds is 9. The minimum absolute atomic E-state index is 0.0192. The van der Waals surface area contributed by atoms with Gasteiger partial charge < -0.3 is 14.5 Å². The molecule has 0 aliphatic rings. The van der Waals surface area contributed by atoms with Crippen LogP contribution in [0, 0.1) is 11.6 Å². The first-order chi connectivity index (χ1) is 12.9. The molecule has 1 aromatic carbocycles. The lowest BCUT2D eigenvalue weighted by atomic mass is 10.1. The van der Waals surface area contributed by atoms with Crippen LogP contribution in [0.2, 0.25) is 0 Å². The molecule has 1 atom stereocenters. The molecule has 0 spiro atoms. The number of oxazole rings is 1. The highest BCUT2D eigenvalue weighted by Gasteiger charge is 2.17. The van der Waals surface area contributed by atoms with Crippen LogP contribution in [-0.2, 0) is 20.7 Å². The summed E-state index contributed by atoms with van der Waals surface area (Å²) >= 11 is 0. The SMILES string of the molecule is CCCC(C)NC(=O)COC(=O)CCc1ncc(-c2c(F)cccc2F)o1. The van der Waals surface area contributed by atoms with Crippen molar-refractivity contribution in [1.29, 1.82) is 0 Å². The maximum absolute atomic E-state index is 13.7. The zero-order chi connectivity index (χ0) is 19.8. The van der Waals surface area contributed by atoms with E-state index < -0.39 is 17.6 Å². The average molecular weight is 380 g/mol. The molecular formula is C19H22F2N2O4. The van der Waals surface area contributed by atoms with Crippen LogP contribution in [0.25, 0.3) is 11.3 Å². The van der Waals surface area contributed by atoms with E-state index in [4.69, 9.17) is 9.15 Å². The average Bonchev–Trinajstić information content (AvgIpc) is 3.06. The van der Waals surface area contributed by atoms with Gasteiger partial charge in [0.2, 0.25) is 0 Å². The summed E-state index contributed by atoms with van der Waals surface area (Å²) < 4.78 is 37.7. The minimum atomic E-state index is -0.763. The van der Waals surface area contributed by atoms with E-state index in [0.717, 1.165) is 25.0 Å². The third kappa shape index (κ3) is 6.16. The Morgan fingerprint density at radius 3 is 2.67 bits per heavy atom. The van der Waals surface area contributed by atoms with E-state index in [2.05, 4.69) is 10.3 Å². The number of ether oxygens (including phenoxy) is 1. The fourth-order valence-corrected chi connectivity index (χ4v) is 2.52. The summed E-state index contributed by atoms with van der Waals surface area (Å²) in [5, 5.41) is 2.72. The lowest BCUT2D eigenvalue weighted by Gasteiger charge is -2.12.